The Morgan fingerprint density at radius 1 is 1.21 bits per heavy atom. The summed E-state index contributed by atoms with van der Waals surface area (Å²) in [6.45, 7) is 2.98. The van der Waals surface area contributed by atoms with Gasteiger partial charge in [0.15, 0.2) is 0 Å². The summed E-state index contributed by atoms with van der Waals surface area (Å²) in [5.74, 6) is 2.11. The van der Waals surface area contributed by atoms with Crippen LogP contribution >= 0.6 is 0 Å². The zero-order chi connectivity index (χ0) is 20.6. The van der Waals surface area contributed by atoms with E-state index in [1.807, 2.05) is 50.4 Å². The first kappa shape index (κ1) is 20.3. The van der Waals surface area contributed by atoms with Gasteiger partial charge < -0.3 is 19.3 Å². The molecule has 0 spiro atoms. The number of nitrogens with zero attached hydrogens (tertiary/aromatic N) is 3. The number of para-hydroxylation sites is 1. The first-order valence-electron chi connectivity index (χ1n) is 9.26. The molecule has 0 saturated heterocycles. The van der Waals surface area contributed by atoms with Gasteiger partial charge in [-0.2, -0.15) is 4.98 Å². The van der Waals surface area contributed by atoms with E-state index in [1.54, 1.807) is 24.1 Å². The molecular formula is C21H24N4O4. The predicted octanol–water partition coefficient (Wildman–Crippen LogP) is 3.21. The molecule has 1 amide bonds. The van der Waals surface area contributed by atoms with Crippen LogP contribution in [0.15, 0.2) is 53.1 Å². The van der Waals surface area contributed by atoms with Crippen LogP contribution < -0.4 is 14.8 Å². The monoisotopic (exact) mass is 396 g/mol. The third kappa shape index (κ3) is 5.55. The van der Waals surface area contributed by atoms with Gasteiger partial charge in [-0.1, -0.05) is 23.4 Å². The van der Waals surface area contributed by atoms with Gasteiger partial charge in [0, 0.05) is 11.8 Å². The van der Waals surface area contributed by atoms with E-state index in [4.69, 9.17) is 14.0 Å². The predicted molar refractivity (Wildman–Crippen MR) is 109 cm³/mol. The van der Waals surface area contributed by atoms with Crippen molar-refractivity contribution in [3.8, 4) is 22.9 Å². The van der Waals surface area contributed by atoms with Crippen molar-refractivity contribution in [2.45, 2.75) is 13.5 Å². The highest BCUT2D eigenvalue weighted by molar-refractivity contribution is 5.92. The van der Waals surface area contributed by atoms with E-state index in [-0.39, 0.29) is 12.5 Å². The van der Waals surface area contributed by atoms with Crippen LogP contribution in [0.1, 0.15) is 12.8 Å². The molecular weight excluding hydrogens is 372 g/mol. The molecule has 0 fully saturated rings. The summed E-state index contributed by atoms with van der Waals surface area (Å²) in [6.07, 6.45) is 0. The molecule has 29 heavy (non-hydrogen) atoms. The first-order chi connectivity index (χ1) is 14.1. The fraction of sp³-hybridized carbons (Fsp3) is 0.286. The second-order valence-corrected chi connectivity index (χ2v) is 6.39. The number of hydrogen-bond donors (Lipinski definition) is 1. The molecule has 0 bridgehead atoms. The van der Waals surface area contributed by atoms with Crippen LogP contribution in [0.4, 0.5) is 5.69 Å². The summed E-state index contributed by atoms with van der Waals surface area (Å²) in [4.78, 5) is 18.5. The van der Waals surface area contributed by atoms with Crippen molar-refractivity contribution in [1.29, 1.82) is 0 Å². The largest absolute Gasteiger partial charge is 0.497 e. The molecule has 0 aliphatic carbocycles. The average Bonchev–Trinajstić information content (AvgIpc) is 3.16. The van der Waals surface area contributed by atoms with E-state index in [9.17, 15) is 4.79 Å². The molecule has 1 N–H and O–H groups in total. The van der Waals surface area contributed by atoms with Gasteiger partial charge in [-0.05, 0) is 38.2 Å². The standard InChI is InChI=1S/C21H24N4O4/c1-4-28-18-11-6-5-10-17(18)21-23-20(29-24-21)14-25(2)13-19(26)22-15-8-7-9-16(12-15)27-3/h5-12H,4,13-14H2,1-3H3,(H,22,26). The lowest BCUT2D eigenvalue weighted by Gasteiger charge is -2.14. The minimum atomic E-state index is -0.151. The van der Waals surface area contributed by atoms with E-state index in [0.717, 1.165) is 5.56 Å². The van der Waals surface area contributed by atoms with Crippen LogP contribution in [-0.2, 0) is 11.3 Å². The number of benzene rings is 2. The number of methoxy groups -OCH3 is 1. The molecule has 0 atom stereocenters. The highest BCUT2D eigenvalue weighted by Crippen LogP contribution is 2.27. The number of anilines is 1. The Morgan fingerprint density at radius 3 is 2.83 bits per heavy atom. The molecule has 8 heteroatoms. The van der Waals surface area contributed by atoms with Crippen molar-refractivity contribution < 1.29 is 18.8 Å². The Hall–Kier alpha value is -3.39. The highest BCUT2D eigenvalue weighted by atomic mass is 16.5. The summed E-state index contributed by atoms with van der Waals surface area (Å²) < 4.78 is 16.1. The van der Waals surface area contributed by atoms with Crippen LogP contribution in [0.2, 0.25) is 0 Å². The number of hydrogen-bond acceptors (Lipinski definition) is 7. The lowest BCUT2D eigenvalue weighted by atomic mass is 10.2. The highest BCUT2D eigenvalue weighted by Gasteiger charge is 2.15. The second-order valence-electron chi connectivity index (χ2n) is 6.39. The zero-order valence-electron chi connectivity index (χ0n) is 16.7. The molecule has 8 nitrogen and oxygen atoms in total. The van der Waals surface area contributed by atoms with Crippen LogP contribution in [0.25, 0.3) is 11.4 Å². The summed E-state index contributed by atoms with van der Waals surface area (Å²) >= 11 is 0. The van der Waals surface area contributed by atoms with Crippen molar-refractivity contribution >= 4 is 11.6 Å². The van der Waals surface area contributed by atoms with Crippen molar-refractivity contribution in [3.63, 3.8) is 0 Å². The van der Waals surface area contributed by atoms with Crippen molar-refractivity contribution in [2.75, 3.05) is 32.6 Å². The van der Waals surface area contributed by atoms with Gasteiger partial charge in [-0.3, -0.25) is 9.69 Å². The molecule has 0 aliphatic rings. The van der Waals surface area contributed by atoms with Gasteiger partial charge in [0.2, 0.25) is 17.6 Å². The maximum Gasteiger partial charge on any atom is 0.241 e. The Balaban J connectivity index is 1.59. The van der Waals surface area contributed by atoms with E-state index < -0.39 is 0 Å². The number of rotatable bonds is 9. The molecule has 2 aromatic carbocycles. The molecule has 0 unspecified atom stereocenters. The molecule has 3 aromatic rings. The van der Waals surface area contributed by atoms with Gasteiger partial charge in [0.25, 0.3) is 0 Å². The minimum absolute atomic E-state index is 0.151. The lowest BCUT2D eigenvalue weighted by molar-refractivity contribution is -0.117. The Morgan fingerprint density at radius 2 is 2.03 bits per heavy atom. The summed E-state index contributed by atoms with van der Waals surface area (Å²) in [6, 6.07) is 14.7. The molecule has 0 radical (unpaired) electrons. The molecule has 0 saturated carbocycles. The topological polar surface area (TPSA) is 89.7 Å². The Labute approximate surface area is 169 Å². The van der Waals surface area contributed by atoms with Crippen LogP contribution in [0, 0.1) is 0 Å². The molecule has 152 valence electrons. The smallest absolute Gasteiger partial charge is 0.241 e. The minimum Gasteiger partial charge on any atom is -0.497 e. The van der Waals surface area contributed by atoms with Crippen molar-refractivity contribution in [1.82, 2.24) is 15.0 Å². The number of carbonyl (C=O) groups excluding carboxylic acids is 1. The number of amides is 1. The number of ether oxygens (including phenoxy) is 2. The average molecular weight is 396 g/mol. The molecule has 1 heterocycles. The molecule has 0 aliphatic heterocycles. The van der Waals surface area contributed by atoms with Crippen molar-refractivity contribution in [2.24, 2.45) is 0 Å². The number of likely N-dealkylation sites (N-methyl/N-ethyl adjacent to an activating group) is 1. The summed E-state index contributed by atoms with van der Waals surface area (Å²) in [5, 5.41) is 6.88. The van der Waals surface area contributed by atoms with Gasteiger partial charge in [-0.15, -0.1) is 0 Å². The van der Waals surface area contributed by atoms with Crippen LogP contribution in [-0.4, -0.2) is 48.3 Å². The fourth-order valence-electron chi connectivity index (χ4n) is 2.79. The molecule has 1 aromatic heterocycles. The van der Waals surface area contributed by atoms with Crippen LogP contribution in [0.3, 0.4) is 0 Å². The number of carbonyl (C=O) groups is 1. The third-order valence-electron chi connectivity index (χ3n) is 4.07. The van der Waals surface area contributed by atoms with E-state index in [1.165, 1.54) is 0 Å². The van der Waals surface area contributed by atoms with Crippen LogP contribution in [0.5, 0.6) is 11.5 Å². The second kappa shape index (κ2) is 9.70. The van der Waals surface area contributed by atoms with Gasteiger partial charge in [0.1, 0.15) is 11.5 Å². The van der Waals surface area contributed by atoms with Gasteiger partial charge in [-0.25, -0.2) is 0 Å². The van der Waals surface area contributed by atoms with Crippen molar-refractivity contribution in [3.05, 3.63) is 54.4 Å². The molecule has 3 rings (SSSR count). The first-order valence-corrected chi connectivity index (χ1v) is 9.26. The zero-order valence-corrected chi connectivity index (χ0v) is 16.7. The van der Waals surface area contributed by atoms with Gasteiger partial charge >= 0.3 is 0 Å². The maximum atomic E-state index is 12.3. The maximum absolute atomic E-state index is 12.3. The normalized spacial score (nSPS) is 10.8. The van der Waals surface area contributed by atoms with E-state index in [0.29, 0.717) is 42.1 Å². The van der Waals surface area contributed by atoms with Gasteiger partial charge in [0.05, 0.1) is 32.4 Å². The SMILES string of the molecule is CCOc1ccccc1-c1noc(CN(C)CC(=O)Nc2cccc(OC)c2)n1. The summed E-state index contributed by atoms with van der Waals surface area (Å²) in [7, 11) is 3.39. The number of aromatic nitrogens is 2. The van der Waals surface area contributed by atoms with E-state index in [2.05, 4.69) is 15.5 Å². The quantitative estimate of drug-likeness (QED) is 0.594. The Kier molecular flexibility index (Phi) is 6.80. The Bertz CT molecular complexity index is 957. The van der Waals surface area contributed by atoms with E-state index >= 15 is 0 Å². The third-order valence-corrected chi connectivity index (χ3v) is 4.07. The summed E-state index contributed by atoms with van der Waals surface area (Å²) in [5.41, 5.74) is 1.44. The lowest BCUT2D eigenvalue weighted by Crippen LogP contribution is -2.29. The number of nitrogens with one attached hydrogen (secondary N) is 1. The fourth-order valence-corrected chi connectivity index (χ4v) is 2.79.